The van der Waals surface area contributed by atoms with E-state index in [9.17, 15) is 19.5 Å². The van der Waals surface area contributed by atoms with E-state index in [-0.39, 0.29) is 18.0 Å². The standard InChI is InChI=1S/C34H64N2O5/c1-3-5-7-9-11-12-13-14-16-22-28-33(38)41-30(24-19-15-10-8-6-4-2)25-20-17-18-21-27-32(37)36-31(34(39)40)26-23-29-35/h19,24,30-31H,3-18,20-23,25-29,35H2,1-2H3,(H,36,37)(H,39,40)/b24-19-. The largest absolute Gasteiger partial charge is 0.480 e. The molecule has 0 aromatic carbocycles. The lowest BCUT2D eigenvalue weighted by Gasteiger charge is -2.15. The molecular weight excluding hydrogens is 516 g/mol. The van der Waals surface area contributed by atoms with Crippen molar-refractivity contribution < 1.29 is 24.2 Å². The molecule has 0 bridgehead atoms. The summed E-state index contributed by atoms with van der Waals surface area (Å²) in [7, 11) is 0. The summed E-state index contributed by atoms with van der Waals surface area (Å²) in [5.74, 6) is -1.33. The van der Waals surface area contributed by atoms with Gasteiger partial charge in [-0.05, 0) is 64.0 Å². The first-order valence-electron chi connectivity index (χ1n) is 17.0. The fourth-order valence-corrected chi connectivity index (χ4v) is 4.95. The first-order chi connectivity index (χ1) is 19.9. The van der Waals surface area contributed by atoms with Crippen LogP contribution in [0.3, 0.4) is 0 Å². The summed E-state index contributed by atoms with van der Waals surface area (Å²) in [6, 6.07) is -0.865. The quantitative estimate of drug-likeness (QED) is 0.0446. The number of rotatable bonds is 30. The van der Waals surface area contributed by atoms with Crippen LogP contribution >= 0.6 is 0 Å². The van der Waals surface area contributed by atoms with E-state index >= 15 is 0 Å². The fraction of sp³-hybridized carbons (Fsp3) is 0.853. The highest BCUT2D eigenvalue weighted by molar-refractivity contribution is 5.83. The number of amides is 1. The highest BCUT2D eigenvalue weighted by Crippen LogP contribution is 2.15. The molecule has 0 saturated heterocycles. The number of esters is 1. The van der Waals surface area contributed by atoms with Crippen LogP contribution in [0.4, 0.5) is 0 Å². The number of aliphatic carboxylic acids is 1. The average Bonchev–Trinajstić information content (AvgIpc) is 2.95. The second-order valence-corrected chi connectivity index (χ2v) is 11.6. The molecule has 240 valence electrons. The van der Waals surface area contributed by atoms with Crippen molar-refractivity contribution in [2.45, 2.75) is 180 Å². The van der Waals surface area contributed by atoms with Crippen LogP contribution in [0.1, 0.15) is 168 Å². The van der Waals surface area contributed by atoms with Gasteiger partial charge in [0.15, 0.2) is 0 Å². The van der Waals surface area contributed by atoms with E-state index in [1.165, 1.54) is 77.0 Å². The minimum atomic E-state index is -1.01. The van der Waals surface area contributed by atoms with Crippen molar-refractivity contribution >= 4 is 17.8 Å². The Balaban J connectivity index is 4.29. The number of allylic oxidation sites excluding steroid dienone is 1. The number of hydrogen-bond donors (Lipinski definition) is 3. The van der Waals surface area contributed by atoms with Crippen molar-refractivity contribution in [3.05, 3.63) is 12.2 Å². The molecule has 7 nitrogen and oxygen atoms in total. The summed E-state index contributed by atoms with van der Waals surface area (Å²) in [6.45, 7) is 4.86. The van der Waals surface area contributed by atoms with Gasteiger partial charge in [-0.2, -0.15) is 0 Å². The minimum Gasteiger partial charge on any atom is -0.480 e. The van der Waals surface area contributed by atoms with Crippen LogP contribution in [0.15, 0.2) is 12.2 Å². The van der Waals surface area contributed by atoms with Gasteiger partial charge >= 0.3 is 11.9 Å². The second-order valence-electron chi connectivity index (χ2n) is 11.6. The number of carboxylic acids is 1. The molecule has 0 aliphatic heterocycles. The molecule has 0 heterocycles. The molecule has 0 saturated carbocycles. The van der Waals surface area contributed by atoms with E-state index in [1.807, 2.05) is 0 Å². The van der Waals surface area contributed by atoms with Gasteiger partial charge in [0.1, 0.15) is 12.1 Å². The number of carbonyl (C=O) groups is 3. The zero-order valence-electron chi connectivity index (χ0n) is 26.6. The van der Waals surface area contributed by atoms with E-state index in [1.54, 1.807) is 0 Å². The molecule has 0 aliphatic rings. The Labute approximate surface area is 251 Å². The topological polar surface area (TPSA) is 119 Å². The van der Waals surface area contributed by atoms with Gasteiger partial charge in [0, 0.05) is 12.8 Å². The van der Waals surface area contributed by atoms with Crippen molar-refractivity contribution in [2.75, 3.05) is 6.54 Å². The highest BCUT2D eigenvalue weighted by Gasteiger charge is 2.18. The van der Waals surface area contributed by atoms with Crippen LogP contribution in [0.25, 0.3) is 0 Å². The van der Waals surface area contributed by atoms with Crippen molar-refractivity contribution in [1.29, 1.82) is 0 Å². The van der Waals surface area contributed by atoms with Crippen LogP contribution in [0.5, 0.6) is 0 Å². The summed E-state index contributed by atoms with van der Waals surface area (Å²) in [5.41, 5.74) is 5.45. The number of unbranched alkanes of at least 4 members (excludes halogenated alkanes) is 16. The molecule has 0 spiro atoms. The molecule has 0 aromatic rings. The normalized spacial score (nSPS) is 12.9. The number of nitrogens with two attached hydrogens (primary N) is 1. The summed E-state index contributed by atoms with van der Waals surface area (Å²) in [5, 5.41) is 11.8. The Bertz CT molecular complexity index is 668. The predicted molar refractivity (Wildman–Crippen MR) is 170 cm³/mol. The molecule has 1 amide bonds. The van der Waals surface area contributed by atoms with Crippen molar-refractivity contribution in [2.24, 2.45) is 5.73 Å². The van der Waals surface area contributed by atoms with Crippen LogP contribution in [-0.4, -0.2) is 41.6 Å². The molecule has 2 atom stereocenters. The van der Waals surface area contributed by atoms with Crippen LogP contribution in [-0.2, 0) is 19.1 Å². The molecule has 2 unspecified atom stereocenters. The van der Waals surface area contributed by atoms with Crippen molar-refractivity contribution in [1.82, 2.24) is 5.32 Å². The Morgan fingerprint density at radius 3 is 1.83 bits per heavy atom. The second kappa shape index (κ2) is 29.6. The number of carbonyl (C=O) groups excluding carboxylic acids is 2. The number of hydrogen-bond acceptors (Lipinski definition) is 5. The molecule has 41 heavy (non-hydrogen) atoms. The first-order valence-corrected chi connectivity index (χ1v) is 17.0. The molecule has 0 radical (unpaired) electrons. The maximum atomic E-state index is 12.5. The van der Waals surface area contributed by atoms with Gasteiger partial charge in [-0.3, -0.25) is 9.59 Å². The van der Waals surface area contributed by atoms with Gasteiger partial charge in [0.25, 0.3) is 0 Å². The SMILES string of the molecule is CCCCCC/C=C\C(CCCCCCC(=O)NC(CCCN)C(=O)O)OC(=O)CCCCCCCCCCCC. The smallest absolute Gasteiger partial charge is 0.326 e. The molecule has 0 aliphatic carbocycles. The molecule has 4 N–H and O–H groups in total. The number of ether oxygens (including phenoxy) is 1. The van der Waals surface area contributed by atoms with Gasteiger partial charge in [-0.25, -0.2) is 4.79 Å². The first kappa shape index (κ1) is 39.1. The lowest BCUT2D eigenvalue weighted by Crippen LogP contribution is -2.40. The summed E-state index contributed by atoms with van der Waals surface area (Å²) in [6.07, 6.45) is 28.4. The van der Waals surface area contributed by atoms with Gasteiger partial charge in [0.2, 0.25) is 5.91 Å². The van der Waals surface area contributed by atoms with Crippen LogP contribution in [0.2, 0.25) is 0 Å². The van der Waals surface area contributed by atoms with E-state index < -0.39 is 12.0 Å². The van der Waals surface area contributed by atoms with Crippen molar-refractivity contribution in [3.8, 4) is 0 Å². The third-order valence-corrected chi connectivity index (χ3v) is 7.57. The number of nitrogens with one attached hydrogen (secondary N) is 1. The Hall–Kier alpha value is -1.89. The van der Waals surface area contributed by atoms with Gasteiger partial charge in [-0.15, -0.1) is 0 Å². The summed E-state index contributed by atoms with van der Waals surface area (Å²) < 4.78 is 5.85. The number of carboxylic acid groups (broad SMARTS) is 1. The van der Waals surface area contributed by atoms with E-state index in [0.717, 1.165) is 44.9 Å². The van der Waals surface area contributed by atoms with Crippen LogP contribution in [0, 0.1) is 0 Å². The predicted octanol–water partition coefficient (Wildman–Crippen LogP) is 8.38. The monoisotopic (exact) mass is 580 g/mol. The van der Waals surface area contributed by atoms with Gasteiger partial charge < -0.3 is 20.9 Å². The Morgan fingerprint density at radius 2 is 1.24 bits per heavy atom. The van der Waals surface area contributed by atoms with E-state index in [4.69, 9.17) is 10.5 Å². The maximum absolute atomic E-state index is 12.5. The zero-order valence-corrected chi connectivity index (χ0v) is 26.6. The molecule has 7 heteroatoms. The molecule has 0 aromatic heterocycles. The van der Waals surface area contributed by atoms with Gasteiger partial charge in [0.05, 0.1) is 0 Å². The average molecular weight is 581 g/mol. The summed E-state index contributed by atoms with van der Waals surface area (Å²) in [4.78, 5) is 35.9. The van der Waals surface area contributed by atoms with E-state index in [2.05, 4.69) is 31.3 Å². The lowest BCUT2D eigenvalue weighted by molar-refractivity contribution is -0.147. The third-order valence-electron chi connectivity index (χ3n) is 7.57. The zero-order chi connectivity index (χ0) is 30.4. The Morgan fingerprint density at radius 1 is 0.707 bits per heavy atom. The van der Waals surface area contributed by atoms with Crippen LogP contribution < -0.4 is 11.1 Å². The van der Waals surface area contributed by atoms with E-state index in [0.29, 0.717) is 38.6 Å². The minimum absolute atomic E-state index is 0.0931. The molecule has 0 rings (SSSR count). The highest BCUT2D eigenvalue weighted by atomic mass is 16.5. The lowest BCUT2D eigenvalue weighted by atomic mass is 10.1. The van der Waals surface area contributed by atoms with Crippen molar-refractivity contribution in [3.63, 3.8) is 0 Å². The fourth-order valence-electron chi connectivity index (χ4n) is 4.95. The molecule has 0 fully saturated rings. The van der Waals surface area contributed by atoms with Gasteiger partial charge in [-0.1, -0.05) is 110 Å². The maximum Gasteiger partial charge on any atom is 0.326 e. The third kappa shape index (κ3) is 26.7. The summed E-state index contributed by atoms with van der Waals surface area (Å²) >= 11 is 0. The molecular formula is C34H64N2O5. The Kier molecular flexibility index (Phi) is 28.2.